The van der Waals surface area contributed by atoms with Gasteiger partial charge in [-0.05, 0) is 54.5 Å². The van der Waals surface area contributed by atoms with E-state index in [1.807, 2.05) is 0 Å². The van der Waals surface area contributed by atoms with Gasteiger partial charge in [0.25, 0.3) is 0 Å². The summed E-state index contributed by atoms with van der Waals surface area (Å²) in [7, 11) is 0. The third kappa shape index (κ3) is 3.14. The first-order valence-electron chi connectivity index (χ1n) is 7.43. The van der Waals surface area contributed by atoms with E-state index >= 15 is 0 Å². The van der Waals surface area contributed by atoms with E-state index in [9.17, 15) is 0 Å². The molecule has 1 aromatic rings. The second-order valence-corrected chi connectivity index (χ2v) is 6.26. The Morgan fingerprint density at radius 1 is 0.944 bits per heavy atom. The molecular weight excluding hydrogens is 218 g/mol. The van der Waals surface area contributed by atoms with E-state index in [1.165, 1.54) is 37.1 Å². The van der Waals surface area contributed by atoms with Crippen LogP contribution in [0, 0.1) is 0 Å². The second-order valence-electron chi connectivity index (χ2n) is 6.26. The molecule has 1 aliphatic rings. The topological polar surface area (TPSA) is 3.24 Å². The highest BCUT2D eigenvalue weighted by molar-refractivity contribution is 5.36. The van der Waals surface area contributed by atoms with Crippen LogP contribution >= 0.6 is 0 Å². The van der Waals surface area contributed by atoms with Gasteiger partial charge in [0, 0.05) is 6.54 Å². The molecule has 0 spiro atoms. The van der Waals surface area contributed by atoms with E-state index in [-0.39, 0.29) is 0 Å². The first-order chi connectivity index (χ1) is 8.58. The lowest BCUT2D eigenvalue weighted by Gasteiger charge is -2.20. The highest BCUT2D eigenvalue weighted by Crippen LogP contribution is 2.27. The van der Waals surface area contributed by atoms with Crippen molar-refractivity contribution in [2.75, 3.05) is 13.1 Å². The van der Waals surface area contributed by atoms with Gasteiger partial charge in [-0.3, -0.25) is 4.90 Å². The number of hydrogen-bond donors (Lipinski definition) is 0. The fraction of sp³-hybridized carbons (Fsp3) is 0.647. The molecule has 1 aliphatic heterocycles. The molecule has 0 radical (unpaired) electrons. The molecule has 1 heterocycles. The van der Waals surface area contributed by atoms with Gasteiger partial charge in [-0.15, -0.1) is 0 Å². The van der Waals surface area contributed by atoms with Crippen LogP contribution in [0.4, 0.5) is 0 Å². The average molecular weight is 245 g/mol. The zero-order valence-corrected chi connectivity index (χ0v) is 12.4. The summed E-state index contributed by atoms with van der Waals surface area (Å²) in [6.07, 6.45) is 2.75. The smallest absolute Gasteiger partial charge is 0.0233 e. The van der Waals surface area contributed by atoms with Crippen LogP contribution in [-0.2, 0) is 6.54 Å². The van der Waals surface area contributed by atoms with Gasteiger partial charge in [0.05, 0.1) is 0 Å². The molecule has 1 aromatic carbocycles. The van der Waals surface area contributed by atoms with Crippen LogP contribution in [0.15, 0.2) is 18.2 Å². The van der Waals surface area contributed by atoms with Gasteiger partial charge in [0.15, 0.2) is 0 Å². The minimum absolute atomic E-state index is 0.626. The Kier molecular flexibility index (Phi) is 4.45. The van der Waals surface area contributed by atoms with Crippen molar-refractivity contribution in [1.82, 2.24) is 4.90 Å². The Hall–Kier alpha value is -0.820. The van der Waals surface area contributed by atoms with Crippen molar-refractivity contribution in [1.29, 1.82) is 0 Å². The van der Waals surface area contributed by atoms with E-state index in [1.54, 1.807) is 5.56 Å². The Balaban J connectivity index is 2.19. The number of likely N-dealkylation sites (tertiary alicyclic amines) is 1. The Morgan fingerprint density at radius 2 is 1.56 bits per heavy atom. The third-order valence-electron chi connectivity index (χ3n) is 4.00. The van der Waals surface area contributed by atoms with Gasteiger partial charge in [-0.2, -0.15) is 0 Å². The number of rotatable bonds is 4. The summed E-state index contributed by atoms with van der Waals surface area (Å²) in [6.45, 7) is 12.9. The molecule has 0 amide bonds. The number of benzene rings is 1. The van der Waals surface area contributed by atoms with Crippen LogP contribution < -0.4 is 0 Å². The molecule has 18 heavy (non-hydrogen) atoms. The standard InChI is InChI=1S/C17H27N/c1-13(2)16-8-7-15(11-17(16)14(3)4)12-18-9-5-6-10-18/h7-8,11,13-14H,5-6,9-10,12H2,1-4H3. The van der Waals surface area contributed by atoms with Crippen molar-refractivity contribution in [3.8, 4) is 0 Å². The lowest BCUT2D eigenvalue weighted by Crippen LogP contribution is -2.18. The van der Waals surface area contributed by atoms with Crippen LogP contribution in [0.2, 0.25) is 0 Å². The molecule has 1 fully saturated rings. The minimum Gasteiger partial charge on any atom is -0.299 e. The second kappa shape index (κ2) is 5.88. The first kappa shape index (κ1) is 13.6. The molecule has 0 atom stereocenters. The van der Waals surface area contributed by atoms with Crippen LogP contribution in [0.3, 0.4) is 0 Å². The maximum absolute atomic E-state index is 2.58. The van der Waals surface area contributed by atoms with E-state index in [0.717, 1.165) is 6.54 Å². The molecule has 2 rings (SSSR count). The average Bonchev–Trinajstić information content (AvgIpc) is 2.81. The quantitative estimate of drug-likeness (QED) is 0.753. The fourth-order valence-corrected chi connectivity index (χ4v) is 2.95. The van der Waals surface area contributed by atoms with E-state index < -0.39 is 0 Å². The molecule has 0 N–H and O–H groups in total. The van der Waals surface area contributed by atoms with Gasteiger partial charge in [0.2, 0.25) is 0 Å². The molecule has 0 bridgehead atoms. The lowest BCUT2D eigenvalue weighted by atomic mass is 9.89. The summed E-state index contributed by atoms with van der Waals surface area (Å²) in [5.41, 5.74) is 4.56. The largest absolute Gasteiger partial charge is 0.299 e. The predicted octanol–water partition coefficient (Wildman–Crippen LogP) is 4.53. The van der Waals surface area contributed by atoms with Crippen molar-refractivity contribution >= 4 is 0 Å². The third-order valence-corrected chi connectivity index (χ3v) is 4.00. The maximum atomic E-state index is 2.58. The molecule has 1 heteroatoms. The van der Waals surface area contributed by atoms with Crippen LogP contribution in [-0.4, -0.2) is 18.0 Å². The summed E-state index contributed by atoms with van der Waals surface area (Å²) >= 11 is 0. The van der Waals surface area contributed by atoms with E-state index in [4.69, 9.17) is 0 Å². The van der Waals surface area contributed by atoms with Crippen molar-refractivity contribution < 1.29 is 0 Å². The zero-order valence-electron chi connectivity index (χ0n) is 12.4. The molecule has 0 saturated carbocycles. The summed E-state index contributed by atoms with van der Waals surface area (Å²) in [4.78, 5) is 2.58. The van der Waals surface area contributed by atoms with E-state index in [2.05, 4.69) is 50.8 Å². The molecular formula is C17H27N. The summed E-state index contributed by atoms with van der Waals surface area (Å²) in [5.74, 6) is 1.25. The highest BCUT2D eigenvalue weighted by Gasteiger charge is 2.14. The van der Waals surface area contributed by atoms with Crippen molar-refractivity contribution in [3.63, 3.8) is 0 Å². The van der Waals surface area contributed by atoms with Crippen molar-refractivity contribution in [3.05, 3.63) is 34.9 Å². The van der Waals surface area contributed by atoms with Crippen molar-refractivity contribution in [2.24, 2.45) is 0 Å². The molecule has 0 aliphatic carbocycles. The van der Waals surface area contributed by atoms with Crippen molar-refractivity contribution in [2.45, 2.75) is 58.9 Å². The van der Waals surface area contributed by atoms with Gasteiger partial charge in [0.1, 0.15) is 0 Å². The molecule has 100 valence electrons. The summed E-state index contributed by atoms with van der Waals surface area (Å²) in [6, 6.07) is 7.13. The molecule has 0 aromatic heterocycles. The van der Waals surface area contributed by atoms with Gasteiger partial charge >= 0.3 is 0 Å². The highest BCUT2D eigenvalue weighted by atomic mass is 15.1. The number of nitrogens with zero attached hydrogens (tertiary/aromatic N) is 1. The SMILES string of the molecule is CC(C)c1ccc(CN2CCCC2)cc1C(C)C. The fourth-order valence-electron chi connectivity index (χ4n) is 2.95. The van der Waals surface area contributed by atoms with Gasteiger partial charge in [-0.25, -0.2) is 0 Å². The number of hydrogen-bond acceptors (Lipinski definition) is 1. The summed E-state index contributed by atoms with van der Waals surface area (Å²) < 4.78 is 0. The van der Waals surface area contributed by atoms with Crippen LogP contribution in [0.5, 0.6) is 0 Å². The first-order valence-corrected chi connectivity index (χ1v) is 7.43. The normalized spacial score (nSPS) is 17.0. The molecule has 1 saturated heterocycles. The van der Waals surface area contributed by atoms with Gasteiger partial charge in [-0.1, -0.05) is 45.9 Å². The Labute approximate surface area is 112 Å². The Morgan fingerprint density at radius 3 is 2.11 bits per heavy atom. The molecule has 1 nitrogen and oxygen atoms in total. The predicted molar refractivity (Wildman–Crippen MR) is 79.1 cm³/mol. The maximum Gasteiger partial charge on any atom is 0.0233 e. The summed E-state index contributed by atoms with van der Waals surface area (Å²) in [5, 5.41) is 0. The van der Waals surface area contributed by atoms with E-state index in [0.29, 0.717) is 11.8 Å². The molecule has 0 unspecified atom stereocenters. The van der Waals surface area contributed by atoms with Crippen LogP contribution in [0.25, 0.3) is 0 Å². The Bertz CT molecular complexity index is 387. The zero-order chi connectivity index (χ0) is 13.1. The monoisotopic (exact) mass is 245 g/mol. The lowest BCUT2D eigenvalue weighted by molar-refractivity contribution is 0.331. The van der Waals surface area contributed by atoms with Gasteiger partial charge < -0.3 is 0 Å². The van der Waals surface area contributed by atoms with Crippen LogP contribution in [0.1, 0.15) is 69.1 Å². The minimum atomic E-state index is 0.626.